The summed E-state index contributed by atoms with van der Waals surface area (Å²) < 4.78 is 0. The molecule has 0 bridgehead atoms. The van der Waals surface area contributed by atoms with E-state index < -0.39 is 17.9 Å². The Hall–Kier alpha value is -3.13. The highest BCUT2D eigenvalue weighted by Gasteiger charge is 2.35. The van der Waals surface area contributed by atoms with Crippen LogP contribution in [0, 0.1) is 11.3 Å². The molecule has 1 amide bonds. The normalized spacial score (nSPS) is 13.5. The van der Waals surface area contributed by atoms with Crippen molar-refractivity contribution in [3.8, 4) is 17.2 Å². The number of nitrogens with zero attached hydrogens (tertiary/aromatic N) is 1. The van der Waals surface area contributed by atoms with E-state index in [-0.39, 0.29) is 18.7 Å². The molecule has 2 aromatic rings. The standard InChI is InChI=1S/C19H16N2O3/c20-11-5-10-16(19(23)24)21-18(22)17-14-8-3-1-6-12(14)13-7-2-4-9-15(13)17/h1-4,6-9,16-17H,5,10H2,(H,21,22)(H,23,24)/t16-/m0/s1. The third-order valence-corrected chi connectivity index (χ3v) is 4.26. The van der Waals surface area contributed by atoms with Crippen molar-refractivity contribution in [3.05, 3.63) is 59.7 Å². The fourth-order valence-corrected chi connectivity index (χ4v) is 3.16. The number of fused-ring (bicyclic) bond motifs is 3. The summed E-state index contributed by atoms with van der Waals surface area (Å²) in [7, 11) is 0. The summed E-state index contributed by atoms with van der Waals surface area (Å²) in [6.45, 7) is 0. The quantitative estimate of drug-likeness (QED) is 0.886. The van der Waals surface area contributed by atoms with E-state index in [1.165, 1.54) is 0 Å². The number of aliphatic carboxylic acids is 1. The summed E-state index contributed by atoms with van der Waals surface area (Å²) in [4.78, 5) is 24.1. The maximum Gasteiger partial charge on any atom is 0.326 e. The summed E-state index contributed by atoms with van der Waals surface area (Å²) >= 11 is 0. The molecule has 24 heavy (non-hydrogen) atoms. The van der Waals surface area contributed by atoms with Crippen LogP contribution in [-0.4, -0.2) is 23.0 Å². The Labute approximate surface area is 139 Å². The second kappa shape index (κ2) is 6.55. The largest absolute Gasteiger partial charge is 0.480 e. The molecule has 0 heterocycles. The van der Waals surface area contributed by atoms with Gasteiger partial charge in [0.25, 0.3) is 0 Å². The molecule has 1 aliphatic carbocycles. The molecule has 1 atom stereocenters. The van der Waals surface area contributed by atoms with Gasteiger partial charge in [-0.05, 0) is 28.7 Å². The van der Waals surface area contributed by atoms with Gasteiger partial charge in [0.1, 0.15) is 6.04 Å². The van der Waals surface area contributed by atoms with Crippen LogP contribution in [-0.2, 0) is 9.59 Å². The number of carbonyl (C=O) groups is 2. The first-order valence-electron chi connectivity index (χ1n) is 7.72. The SMILES string of the molecule is N#CCC[C@H](NC(=O)C1c2ccccc2-c2ccccc21)C(=O)O. The van der Waals surface area contributed by atoms with Gasteiger partial charge in [-0.15, -0.1) is 0 Å². The Balaban J connectivity index is 1.92. The molecule has 3 rings (SSSR count). The molecule has 0 aromatic heterocycles. The fourth-order valence-electron chi connectivity index (χ4n) is 3.16. The van der Waals surface area contributed by atoms with Crippen molar-refractivity contribution in [3.63, 3.8) is 0 Å². The minimum atomic E-state index is -1.13. The zero-order valence-electron chi connectivity index (χ0n) is 12.9. The van der Waals surface area contributed by atoms with Crippen molar-refractivity contribution in [2.75, 3.05) is 0 Å². The molecule has 0 aliphatic heterocycles. The van der Waals surface area contributed by atoms with Crippen LogP contribution in [0.1, 0.15) is 29.9 Å². The van der Waals surface area contributed by atoms with Gasteiger partial charge in [-0.2, -0.15) is 5.26 Å². The first-order chi connectivity index (χ1) is 11.6. The van der Waals surface area contributed by atoms with E-state index in [4.69, 9.17) is 5.26 Å². The van der Waals surface area contributed by atoms with E-state index in [2.05, 4.69) is 5.32 Å². The maximum atomic E-state index is 12.8. The molecule has 0 saturated carbocycles. The monoisotopic (exact) mass is 320 g/mol. The highest BCUT2D eigenvalue weighted by atomic mass is 16.4. The molecule has 2 N–H and O–H groups in total. The molecule has 120 valence electrons. The average molecular weight is 320 g/mol. The van der Waals surface area contributed by atoms with Crippen LogP contribution < -0.4 is 5.32 Å². The third kappa shape index (κ3) is 2.74. The van der Waals surface area contributed by atoms with Gasteiger partial charge in [-0.1, -0.05) is 48.5 Å². The van der Waals surface area contributed by atoms with Crippen LogP contribution in [0.25, 0.3) is 11.1 Å². The molecule has 5 nitrogen and oxygen atoms in total. The van der Waals surface area contributed by atoms with E-state index in [1.54, 1.807) is 0 Å². The molecule has 0 radical (unpaired) electrons. The second-order valence-electron chi connectivity index (χ2n) is 5.70. The van der Waals surface area contributed by atoms with Gasteiger partial charge in [0, 0.05) is 6.42 Å². The van der Waals surface area contributed by atoms with Gasteiger partial charge in [0.2, 0.25) is 5.91 Å². The summed E-state index contributed by atoms with van der Waals surface area (Å²) in [5.74, 6) is -2.00. The van der Waals surface area contributed by atoms with Crippen molar-refractivity contribution in [2.24, 2.45) is 0 Å². The molecule has 5 heteroatoms. The lowest BCUT2D eigenvalue weighted by Crippen LogP contribution is -2.42. The highest BCUT2D eigenvalue weighted by Crippen LogP contribution is 2.44. The molecular weight excluding hydrogens is 304 g/mol. The predicted octanol–water partition coefficient (Wildman–Crippen LogP) is 2.67. The van der Waals surface area contributed by atoms with Crippen molar-refractivity contribution >= 4 is 11.9 Å². The summed E-state index contributed by atoms with van der Waals surface area (Å²) in [6.07, 6.45) is 0.169. The van der Waals surface area contributed by atoms with Gasteiger partial charge in [0.15, 0.2) is 0 Å². The molecule has 0 spiro atoms. The first-order valence-corrected chi connectivity index (χ1v) is 7.72. The van der Waals surface area contributed by atoms with Crippen LogP contribution in [0.15, 0.2) is 48.5 Å². The number of benzene rings is 2. The number of hydrogen-bond acceptors (Lipinski definition) is 3. The van der Waals surface area contributed by atoms with Gasteiger partial charge in [0.05, 0.1) is 12.0 Å². The van der Waals surface area contributed by atoms with Crippen LogP contribution in [0.5, 0.6) is 0 Å². The number of nitrogens with one attached hydrogen (secondary N) is 1. The number of amides is 1. The zero-order chi connectivity index (χ0) is 17.1. The third-order valence-electron chi connectivity index (χ3n) is 4.26. The molecule has 2 aromatic carbocycles. The lowest BCUT2D eigenvalue weighted by atomic mass is 9.95. The van der Waals surface area contributed by atoms with Gasteiger partial charge < -0.3 is 10.4 Å². The summed E-state index contributed by atoms with van der Waals surface area (Å²) in [5.41, 5.74) is 3.75. The minimum absolute atomic E-state index is 0.0785. The van der Waals surface area contributed by atoms with Crippen LogP contribution in [0.3, 0.4) is 0 Å². The van der Waals surface area contributed by atoms with Crippen molar-refractivity contribution in [1.82, 2.24) is 5.32 Å². The zero-order valence-corrected chi connectivity index (χ0v) is 12.9. The smallest absolute Gasteiger partial charge is 0.326 e. The first kappa shape index (κ1) is 15.8. The van der Waals surface area contributed by atoms with Crippen LogP contribution in [0.4, 0.5) is 0 Å². The molecular formula is C19H16N2O3. The second-order valence-corrected chi connectivity index (χ2v) is 5.70. The van der Waals surface area contributed by atoms with Gasteiger partial charge in [-0.3, -0.25) is 4.79 Å². The Morgan fingerprint density at radius 1 is 1.08 bits per heavy atom. The molecule has 0 saturated heterocycles. The Bertz CT molecular complexity index is 793. The minimum Gasteiger partial charge on any atom is -0.480 e. The Morgan fingerprint density at radius 2 is 1.62 bits per heavy atom. The fraction of sp³-hybridized carbons (Fsp3) is 0.211. The molecule has 0 fully saturated rings. The Kier molecular flexibility index (Phi) is 4.30. The highest BCUT2D eigenvalue weighted by molar-refractivity contribution is 5.97. The number of carboxylic acids is 1. The maximum absolute atomic E-state index is 12.8. The molecule has 1 aliphatic rings. The number of carbonyl (C=O) groups excluding carboxylic acids is 1. The van der Waals surface area contributed by atoms with Crippen LogP contribution in [0.2, 0.25) is 0 Å². The van der Waals surface area contributed by atoms with Gasteiger partial charge in [-0.25, -0.2) is 4.79 Å². The lowest BCUT2D eigenvalue weighted by Gasteiger charge is -2.18. The van der Waals surface area contributed by atoms with Crippen molar-refractivity contribution in [2.45, 2.75) is 24.8 Å². The van der Waals surface area contributed by atoms with E-state index in [9.17, 15) is 14.7 Å². The van der Waals surface area contributed by atoms with E-state index in [0.29, 0.717) is 0 Å². The van der Waals surface area contributed by atoms with E-state index in [1.807, 2.05) is 54.6 Å². The van der Waals surface area contributed by atoms with Gasteiger partial charge >= 0.3 is 5.97 Å². The topological polar surface area (TPSA) is 90.2 Å². The Morgan fingerprint density at radius 3 is 2.12 bits per heavy atom. The summed E-state index contributed by atoms with van der Waals surface area (Å²) in [6, 6.07) is 16.1. The average Bonchev–Trinajstić information content (AvgIpc) is 2.93. The number of rotatable bonds is 5. The van der Waals surface area contributed by atoms with Crippen molar-refractivity contribution < 1.29 is 14.7 Å². The summed E-state index contributed by atoms with van der Waals surface area (Å²) in [5, 5.41) is 20.5. The van der Waals surface area contributed by atoms with Crippen molar-refractivity contribution in [1.29, 1.82) is 5.26 Å². The van der Waals surface area contributed by atoms with E-state index >= 15 is 0 Å². The number of nitriles is 1. The lowest BCUT2D eigenvalue weighted by molar-refractivity contribution is -0.142. The van der Waals surface area contributed by atoms with Crippen LogP contribution >= 0.6 is 0 Å². The predicted molar refractivity (Wildman–Crippen MR) is 88.1 cm³/mol. The number of carboxylic acid groups (broad SMARTS) is 1. The molecule has 0 unspecified atom stereocenters. The van der Waals surface area contributed by atoms with E-state index in [0.717, 1.165) is 22.3 Å². The number of hydrogen-bond donors (Lipinski definition) is 2.